The SMILES string of the molecule is CC(C)Cc1cc(-c2[c-]cccc2)nc[c]1[Ge]([CH3])([CH3])[CH3].Cc1cc2nc(-c3[c-]ccc4c3oc3nc(C(C)C(C)(C)C)ccc34)n(-c3c(C(C)C)c4ccccc4c4ccccc34)c2cn1.[Ir]. The van der Waals surface area contributed by atoms with Gasteiger partial charge in [-0.25, -0.2) is 4.98 Å². The summed E-state index contributed by atoms with van der Waals surface area (Å²) in [7, 11) is 0. The molecule has 5 aromatic heterocycles. The van der Waals surface area contributed by atoms with Crippen molar-refractivity contribution in [2.24, 2.45) is 11.3 Å². The standard InChI is InChI=1S/C41H37N4O.C18H24GeN.Ir/c1-23(2)36-28-15-10-8-13-26(28)27-14-9-11-16-29(27)37(36)45-35-22-42-24(3)21-34(35)43-39(45)32-18-12-17-30-31-19-20-33(25(4)41(5,6)7)44-40(31)46-38(30)32;1-14(2)11-16-12-18(15-9-7-6-8-10-15)20-13-17(16)19(3,4)5;/h8-17,19-23,25H,1-7H3;6-9,12-14H,11H2,1-5H3;/q2*-1;. The van der Waals surface area contributed by atoms with E-state index in [4.69, 9.17) is 24.4 Å². The molecule has 0 spiro atoms. The van der Waals surface area contributed by atoms with Gasteiger partial charge in [0.05, 0.1) is 34.3 Å². The van der Waals surface area contributed by atoms with Crippen molar-refractivity contribution in [2.45, 2.75) is 97.8 Å². The summed E-state index contributed by atoms with van der Waals surface area (Å²) >= 11 is -1.86. The largest absolute Gasteiger partial charge is 0.486 e. The van der Waals surface area contributed by atoms with Crippen LogP contribution in [0.1, 0.15) is 89.7 Å². The Balaban J connectivity index is 0.000000244. The first kappa shape index (κ1) is 48.0. The summed E-state index contributed by atoms with van der Waals surface area (Å²) < 4.78 is 10.5. The van der Waals surface area contributed by atoms with E-state index in [2.05, 4.69) is 180 Å². The van der Waals surface area contributed by atoms with Crippen molar-refractivity contribution in [3.8, 4) is 28.3 Å². The molecule has 1 atom stereocenters. The predicted molar refractivity (Wildman–Crippen MR) is 280 cm³/mol. The van der Waals surface area contributed by atoms with E-state index in [1.54, 1.807) is 4.40 Å². The summed E-state index contributed by atoms with van der Waals surface area (Å²) in [4.78, 5) is 19.8. The molecular weight excluding hydrogens is 1060 g/mol. The Labute approximate surface area is 412 Å². The van der Waals surface area contributed by atoms with Crippen molar-refractivity contribution in [3.63, 3.8) is 0 Å². The normalized spacial score (nSPS) is 12.6. The molecule has 0 aliphatic rings. The zero-order chi connectivity index (χ0) is 46.7. The van der Waals surface area contributed by atoms with Gasteiger partial charge in [0, 0.05) is 48.2 Å². The number of aryl methyl sites for hydroxylation is 1. The average molecular weight is 1120 g/mol. The number of nitrogens with zero attached hydrogens (tertiary/aromatic N) is 5. The first-order valence-corrected chi connectivity index (χ1v) is 30.8. The number of furan rings is 1. The Kier molecular flexibility index (Phi) is 13.5. The van der Waals surface area contributed by atoms with Crippen LogP contribution in [0.3, 0.4) is 0 Å². The number of pyridine rings is 3. The van der Waals surface area contributed by atoms with Crippen LogP contribution in [0, 0.1) is 30.4 Å². The minimum Gasteiger partial charge on any atom is -0.486 e. The molecule has 1 radical (unpaired) electrons. The molecule has 67 heavy (non-hydrogen) atoms. The van der Waals surface area contributed by atoms with Gasteiger partial charge in [-0.1, -0.05) is 101 Å². The van der Waals surface area contributed by atoms with Crippen molar-refractivity contribution in [2.75, 3.05) is 0 Å². The van der Waals surface area contributed by atoms with Crippen LogP contribution in [0.5, 0.6) is 0 Å². The molecule has 6 nitrogen and oxygen atoms in total. The Morgan fingerprint density at radius 2 is 1.39 bits per heavy atom. The number of hydrogen-bond acceptors (Lipinski definition) is 5. The van der Waals surface area contributed by atoms with Crippen LogP contribution < -0.4 is 4.40 Å². The Morgan fingerprint density at radius 3 is 2.04 bits per heavy atom. The molecule has 0 aliphatic heterocycles. The van der Waals surface area contributed by atoms with Crippen LogP contribution in [0.15, 0.2) is 126 Å². The molecule has 0 saturated carbocycles. The molecule has 0 N–H and O–H groups in total. The molecule has 10 rings (SSSR count). The van der Waals surface area contributed by atoms with E-state index in [-0.39, 0.29) is 37.4 Å². The average Bonchev–Trinajstić information content (AvgIpc) is 3.85. The topological polar surface area (TPSA) is 69.6 Å². The maximum atomic E-state index is 6.68. The molecule has 0 saturated heterocycles. The monoisotopic (exact) mass is 1120 g/mol. The summed E-state index contributed by atoms with van der Waals surface area (Å²) in [6.45, 7) is 20.1. The number of benzene rings is 5. The second kappa shape index (κ2) is 18.9. The summed E-state index contributed by atoms with van der Waals surface area (Å²) in [5, 5.41) is 6.88. The number of rotatable bonds is 8. The smallest absolute Gasteiger partial charge is 0.216 e. The summed E-state index contributed by atoms with van der Waals surface area (Å²) in [5.74, 6) is 9.28. The van der Waals surface area contributed by atoms with Crippen LogP contribution >= 0.6 is 0 Å². The fraction of sp³-hybridized carbons (Fsp3) is 0.288. The van der Waals surface area contributed by atoms with Crippen LogP contribution in [0.25, 0.3) is 83.0 Å². The van der Waals surface area contributed by atoms with Gasteiger partial charge in [0.2, 0.25) is 5.71 Å². The third-order valence-corrected chi connectivity index (χ3v) is 17.5. The van der Waals surface area contributed by atoms with E-state index in [0.29, 0.717) is 11.6 Å². The molecular formula is C59H61GeIrN5O-2. The molecule has 5 aromatic carbocycles. The maximum Gasteiger partial charge on any atom is 0.216 e. The van der Waals surface area contributed by atoms with Gasteiger partial charge in [0.1, 0.15) is 0 Å². The van der Waals surface area contributed by atoms with E-state index in [1.165, 1.54) is 32.7 Å². The first-order valence-electron chi connectivity index (χ1n) is 23.5. The second-order valence-corrected chi connectivity index (χ2v) is 31.4. The molecule has 1 unspecified atom stereocenters. The third-order valence-electron chi connectivity index (χ3n) is 13.1. The molecule has 0 bridgehead atoms. The van der Waals surface area contributed by atoms with Gasteiger partial charge in [-0.3, -0.25) is 9.97 Å². The van der Waals surface area contributed by atoms with E-state index >= 15 is 0 Å². The van der Waals surface area contributed by atoms with Crippen LogP contribution in [0.2, 0.25) is 17.3 Å². The number of imidazole rings is 1. The van der Waals surface area contributed by atoms with Crippen LogP contribution in [0.4, 0.5) is 0 Å². The zero-order valence-corrected chi connectivity index (χ0v) is 45.5. The fourth-order valence-corrected chi connectivity index (χ4v) is 12.8. The Bertz CT molecular complexity index is 3410. The molecule has 8 heteroatoms. The van der Waals surface area contributed by atoms with E-state index in [9.17, 15) is 0 Å². The number of fused-ring (bicyclic) bond motifs is 7. The summed E-state index contributed by atoms with van der Waals surface area (Å²) in [6, 6.07) is 45.0. The van der Waals surface area contributed by atoms with Crippen LogP contribution in [-0.4, -0.2) is 37.8 Å². The molecule has 0 fully saturated rings. The molecule has 343 valence electrons. The summed E-state index contributed by atoms with van der Waals surface area (Å²) in [5.41, 5.74) is 12.1. The van der Waals surface area contributed by atoms with Crippen molar-refractivity contribution >= 4 is 72.3 Å². The zero-order valence-electron chi connectivity index (χ0n) is 41.0. The van der Waals surface area contributed by atoms with Gasteiger partial charge in [-0.15, -0.1) is 18.2 Å². The van der Waals surface area contributed by atoms with Gasteiger partial charge < -0.3 is 8.98 Å². The summed E-state index contributed by atoms with van der Waals surface area (Å²) in [6.07, 6.45) is 5.23. The number of hydrogen-bond donors (Lipinski definition) is 0. The van der Waals surface area contributed by atoms with Crippen molar-refractivity contribution in [1.82, 2.24) is 24.5 Å². The number of aromatic nitrogens is 5. The Hall–Kier alpha value is -5.47. The maximum absolute atomic E-state index is 6.68. The Morgan fingerprint density at radius 1 is 0.701 bits per heavy atom. The fourth-order valence-electron chi connectivity index (χ4n) is 9.42. The van der Waals surface area contributed by atoms with Gasteiger partial charge >= 0.3 is 126 Å². The molecule has 0 amide bonds. The molecule has 0 aliphatic carbocycles. The van der Waals surface area contributed by atoms with E-state index < -0.39 is 13.3 Å². The predicted octanol–water partition coefficient (Wildman–Crippen LogP) is 15.4. The van der Waals surface area contributed by atoms with Gasteiger partial charge in [0.25, 0.3) is 0 Å². The van der Waals surface area contributed by atoms with Crippen LogP contribution in [-0.2, 0) is 26.5 Å². The first-order chi connectivity index (χ1) is 31.5. The minimum absolute atomic E-state index is 0. The molecule has 5 heterocycles. The van der Waals surface area contributed by atoms with E-state index in [1.807, 2.05) is 37.4 Å². The van der Waals surface area contributed by atoms with E-state index in [0.717, 1.165) is 73.5 Å². The minimum atomic E-state index is -1.86. The van der Waals surface area contributed by atoms with Gasteiger partial charge in [-0.05, 0) is 58.2 Å². The van der Waals surface area contributed by atoms with Crippen molar-refractivity contribution < 1.29 is 24.5 Å². The van der Waals surface area contributed by atoms with Crippen molar-refractivity contribution in [1.29, 1.82) is 0 Å². The molecule has 10 aromatic rings. The van der Waals surface area contributed by atoms with Gasteiger partial charge in [-0.2, -0.15) is 0 Å². The third kappa shape index (κ3) is 9.27. The second-order valence-electron chi connectivity index (χ2n) is 20.8. The quantitative estimate of drug-likeness (QED) is 0.0861. The van der Waals surface area contributed by atoms with Crippen molar-refractivity contribution in [3.05, 3.63) is 156 Å². The van der Waals surface area contributed by atoms with Gasteiger partial charge in [0.15, 0.2) is 0 Å².